The van der Waals surface area contributed by atoms with Crippen molar-refractivity contribution in [3.05, 3.63) is 130 Å². The Hall–Kier alpha value is -7.84. The lowest BCUT2D eigenvalue weighted by Gasteiger charge is -2.57. The van der Waals surface area contributed by atoms with Crippen LogP contribution in [-0.4, -0.2) is 120 Å². The summed E-state index contributed by atoms with van der Waals surface area (Å²) in [6.07, 6.45) is 0.863. The van der Waals surface area contributed by atoms with Crippen LogP contribution in [0.4, 0.5) is 5.69 Å². The van der Waals surface area contributed by atoms with E-state index >= 15 is 0 Å². The number of aliphatic carboxylic acids is 1. The molecule has 19 nitrogen and oxygen atoms in total. The molecular formula is C52H50N5O14+. The summed E-state index contributed by atoms with van der Waals surface area (Å²) in [5.41, 5.74) is -0.682. The number of aliphatic hydroxyl groups excluding tert-OH is 2. The third kappa shape index (κ3) is 8.66. The number of carbonyl (C=O) groups is 2. The highest BCUT2D eigenvalue weighted by molar-refractivity contribution is 6.13. The number of nitrogens with zero attached hydrogens (tertiary/aromatic N) is 3. The molecule has 366 valence electrons. The van der Waals surface area contributed by atoms with Crippen molar-refractivity contribution in [3.8, 4) is 34.5 Å². The maximum atomic E-state index is 13.3. The van der Waals surface area contributed by atoms with Gasteiger partial charge < -0.3 is 64.7 Å². The molecule has 10 rings (SSSR count). The lowest BCUT2D eigenvalue weighted by Crippen LogP contribution is -2.79. The number of ether oxygens (including phenoxy) is 5. The number of amidine groups is 1. The summed E-state index contributed by atoms with van der Waals surface area (Å²) < 4.78 is 30.9. The molecule has 19 heteroatoms. The first kappa shape index (κ1) is 46.9. The predicted octanol–water partition coefficient (Wildman–Crippen LogP) is 3.04. The number of aliphatic imine (C=N–C) groups is 3. The number of aromatic hydroxyl groups is 2. The second-order valence-electron chi connectivity index (χ2n) is 18.1. The number of aryl methyl sites for hydroxylation is 1. The second-order valence-corrected chi connectivity index (χ2v) is 18.1. The summed E-state index contributed by atoms with van der Waals surface area (Å²) in [7, 11) is 0. The van der Waals surface area contributed by atoms with E-state index in [0.717, 1.165) is 11.3 Å². The van der Waals surface area contributed by atoms with Crippen LogP contribution in [-0.2, 0) is 40.2 Å². The molecule has 4 aromatic rings. The molecule has 7 atom stereocenters. The Morgan fingerprint density at radius 2 is 1.82 bits per heavy atom. The van der Waals surface area contributed by atoms with Gasteiger partial charge in [0.05, 0.1) is 31.3 Å². The second kappa shape index (κ2) is 18.5. The number of fused-ring (bicyclic) bond motifs is 4. The number of Topliss-reactive ketones (excluding diaryl/α,β-unsaturated/α-hetero) is 1. The number of carbonyl (C=O) groups excluding carboxylic acids is 1. The van der Waals surface area contributed by atoms with E-state index in [2.05, 4.69) is 20.3 Å². The quantitative estimate of drug-likeness (QED) is 0.0774. The lowest BCUT2D eigenvalue weighted by molar-refractivity contribution is -0.338. The van der Waals surface area contributed by atoms with Crippen molar-refractivity contribution >= 4 is 46.8 Å². The maximum Gasteiger partial charge on any atom is 0.336 e. The third-order valence-electron chi connectivity index (χ3n) is 13.4. The number of allylic oxidation sites excluding steroid dienone is 1. The number of aliphatic hydroxyl groups is 4. The van der Waals surface area contributed by atoms with Crippen LogP contribution in [0, 0.1) is 5.92 Å². The van der Waals surface area contributed by atoms with Gasteiger partial charge in [0.2, 0.25) is 12.0 Å². The summed E-state index contributed by atoms with van der Waals surface area (Å²) in [6, 6.07) is 18.3. The molecule has 10 N–H and O–H groups in total. The van der Waals surface area contributed by atoms with Crippen LogP contribution in [0.25, 0.3) is 5.76 Å². The first-order valence-electron chi connectivity index (χ1n) is 23.0. The van der Waals surface area contributed by atoms with Crippen molar-refractivity contribution in [2.45, 2.75) is 75.0 Å². The number of phenols is 2. The van der Waals surface area contributed by atoms with Crippen LogP contribution in [0.1, 0.15) is 52.8 Å². The van der Waals surface area contributed by atoms with Crippen LogP contribution < -0.4 is 29.7 Å². The van der Waals surface area contributed by atoms with Gasteiger partial charge in [-0.2, -0.15) is 0 Å². The standard InChI is InChI=1S/C52H49N5O14/c1-2-26-14-27(16-32(58)15-26)24-68-46-41(20-40-43(45(46)61)38(60)19-39(69-40)28-6-9-34(10-7-28)67-13-12-31-8-11-42(53)57-31)70-50-51(65)21-30(17-29-4-3-5-36-35(29)18-33(59)22-55-36)44(37-23-54-25-56-37)52(66,49(51)64)47(71-50)48(62)63/h3-11,14-16,19-21,25,39,44,47,49-50,53,55,58,60-61,64-66H,2,12-13,17-18,22-24H2,1H3,(H,62,63)/p+1/t39?,44-,47-,49+,50-,51-,52-/m1/s1. The zero-order chi connectivity index (χ0) is 49.8. The Kier molecular flexibility index (Phi) is 12.2. The zero-order valence-electron chi connectivity index (χ0n) is 38.2. The highest BCUT2D eigenvalue weighted by Crippen LogP contribution is 2.54. The SMILES string of the molecule is CCc1cc(O)cc(COc2c(O[C@@H]3O[C@H](C(=O)O)[C@]4(O)[C@@H](C5=NC=NC5)C(Cc5cccc6c5CC(=O)CN6)=C[C@@]3(O)[C@@H]4O)cc3c(c2O)C(O)=CC(c2ccc(OCCC4=NC(=[NH2+])C=C4)cc2)O3)c1. The first-order valence-corrected chi connectivity index (χ1v) is 23.0. The molecule has 0 amide bonds. The number of nitrogens with one attached hydrogen (secondary N) is 1. The van der Waals surface area contributed by atoms with E-state index in [4.69, 9.17) is 29.1 Å². The van der Waals surface area contributed by atoms with E-state index < -0.39 is 70.7 Å². The minimum atomic E-state index is -2.79. The van der Waals surface area contributed by atoms with Crippen molar-refractivity contribution in [2.24, 2.45) is 20.9 Å². The van der Waals surface area contributed by atoms with Gasteiger partial charge in [-0.1, -0.05) is 42.8 Å². The molecule has 0 aromatic heterocycles. The molecular weight excluding hydrogens is 919 g/mol. The molecule has 0 spiro atoms. The Balaban J connectivity index is 1.03. The number of ketones is 1. The van der Waals surface area contributed by atoms with Gasteiger partial charge in [0.1, 0.15) is 59.3 Å². The average Bonchev–Trinajstić information content (AvgIpc) is 4.03. The van der Waals surface area contributed by atoms with Gasteiger partial charge >= 0.3 is 11.8 Å². The van der Waals surface area contributed by atoms with Gasteiger partial charge in [-0.25, -0.2) is 9.79 Å². The summed E-state index contributed by atoms with van der Waals surface area (Å²) in [6.45, 7) is 2.02. The molecule has 1 unspecified atom stereocenters. The Morgan fingerprint density at radius 1 is 1.01 bits per heavy atom. The number of hydrogen-bond acceptors (Lipinski definition) is 16. The Morgan fingerprint density at radius 3 is 2.55 bits per heavy atom. The molecule has 1 fully saturated rings. The molecule has 2 bridgehead atoms. The van der Waals surface area contributed by atoms with E-state index in [9.17, 15) is 45.3 Å². The molecule has 0 saturated carbocycles. The summed E-state index contributed by atoms with van der Waals surface area (Å²) in [5.74, 6) is -4.26. The zero-order valence-corrected chi connectivity index (χ0v) is 38.2. The largest absolute Gasteiger partial charge is 0.508 e. The predicted molar refractivity (Wildman–Crippen MR) is 257 cm³/mol. The topological polar surface area (TPSA) is 297 Å². The van der Waals surface area contributed by atoms with Gasteiger partial charge in [0.15, 0.2) is 34.7 Å². The lowest BCUT2D eigenvalue weighted by atomic mass is 9.60. The van der Waals surface area contributed by atoms with Gasteiger partial charge in [-0.05, 0) is 88.1 Å². The number of carboxylic acids is 1. The van der Waals surface area contributed by atoms with E-state index in [1.165, 1.54) is 30.6 Å². The first-order chi connectivity index (χ1) is 34.1. The maximum absolute atomic E-state index is 13.3. The van der Waals surface area contributed by atoms with E-state index in [0.29, 0.717) is 59.0 Å². The summed E-state index contributed by atoms with van der Waals surface area (Å²) >= 11 is 0. The monoisotopic (exact) mass is 968 g/mol. The molecule has 5 aliphatic heterocycles. The Labute approximate surface area is 405 Å². The van der Waals surface area contributed by atoms with Crippen LogP contribution in [0.3, 0.4) is 0 Å². The fraction of sp³-hybridized carbons (Fsp3) is 0.308. The number of rotatable bonds is 15. The summed E-state index contributed by atoms with van der Waals surface area (Å²) in [5, 5.41) is 91.6. The van der Waals surface area contributed by atoms with Crippen molar-refractivity contribution < 1.29 is 74.4 Å². The van der Waals surface area contributed by atoms with Crippen LogP contribution in [0.15, 0.2) is 112 Å². The van der Waals surface area contributed by atoms with Crippen molar-refractivity contribution in [1.29, 1.82) is 0 Å². The fourth-order valence-corrected chi connectivity index (χ4v) is 10.1. The average molecular weight is 969 g/mol. The number of hydrogen-bond donors (Lipinski definition) is 9. The molecule has 4 aromatic carbocycles. The van der Waals surface area contributed by atoms with Gasteiger partial charge in [-0.3, -0.25) is 15.2 Å². The number of anilines is 1. The highest BCUT2D eigenvalue weighted by Gasteiger charge is 2.71. The van der Waals surface area contributed by atoms with Crippen LogP contribution >= 0.6 is 0 Å². The number of nitrogens with two attached hydrogens (primary N) is 1. The fourth-order valence-electron chi connectivity index (χ4n) is 10.1. The smallest absolute Gasteiger partial charge is 0.336 e. The molecule has 6 aliphatic rings. The normalized spacial score (nSPS) is 26.0. The van der Waals surface area contributed by atoms with Crippen molar-refractivity contribution in [3.63, 3.8) is 0 Å². The Bertz CT molecular complexity index is 3050. The van der Waals surface area contributed by atoms with E-state index in [1.54, 1.807) is 54.6 Å². The third-order valence-corrected chi connectivity index (χ3v) is 13.4. The van der Waals surface area contributed by atoms with E-state index in [-0.39, 0.29) is 66.7 Å². The van der Waals surface area contributed by atoms with Crippen LogP contribution in [0.5, 0.6) is 34.5 Å². The minimum Gasteiger partial charge on any atom is -0.508 e. The van der Waals surface area contributed by atoms with Gasteiger partial charge in [0, 0.05) is 36.7 Å². The molecule has 5 heterocycles. The van der Waals surface area contributed by atoms with Gasteiger partial charge in [0.25, 0.3) is 0 Å². The molecule has 0 radical (unpaired) electrons. The molecule has 71 heavy (non-hydrogen) atoms. The van der Waals surface area contributed by atoms with Gasteiger partial charge in [-0.15, -0.1) is 0 Å². The van der Waals surface area contributed by atoms with Crippen molar-refractivity contribution in [2.75, 3.05) is 25.0 Å². The summed E-state index contributed by atoms with van der Waals surface area (Å²) in [4.78, 5) is 38.8. The van der Waals surface area contributed by atoms with Crippen LogP contribution in [0.2, 0.25) is 0 Å². The van der Waals surface area contributed by atoms with Crippen molar-refractivity contribution in [1.82, 2.24) is 0 Å². The number of carboxylic acid groups (broad SMARTS) is 1. The van der Waals surface area contributed by atoms with E-state index in [1.807, 2.05) is 19.1 Å². The molecule has 1 saturated heterocycles. The number of benzene rings is 4. The molecule has 1 aliphatic carbocycles. The minimum absolute atomic E-state index is 0.0410. The highest BCUT2D eigenvalue weighted by atomic mass is 16.7. The number of phenolic OH excluding ortho intramolecular Hbond substituents is 2.